The number of urea groups is 1. The number of anilines is 1. The Kier molecular flexibility index (Phi) is 4.79. The molecule has 1 saturated heterocycles. The number of hydrogen-bond donors (Lipinski definition) is 1. The first kappa shape index (κ1) is 16.9. The number of ether oxygens (including phenoxy) is 3. The maximum Gasteiger partial charge on any atom is 0.323 e. The summed E-state index contributed by atoms with van der Waals surface area (Å²) in [6.45, 7) is 3.51. The van der Waals surface area contributed by atoms with Crippen LogP contribution in [0.1, 0.15) is 17.9 Å². The highest BCUT2D eigenvalue weighted by Gasteiger charge is 2.31. The molecule has 4 rings (SSSR count). The van der Waals surface area contributed by atoms with E-state index in [1.807, 2.05) is 54.3 Å². The SMILES string of the molecule is CCOc1ccc(NC(=O)N2CCS[C@H]2c2ccc3c(c2)OCO3)cc1. The number of hydrogen-bond acceptors (Lipinski definition) is 5. The van der Waals surface area contributed by atoms with Crippen LogP contribution in [0.25, 0.3) is 0 Å². The molecule has 2 aliphatic rings. The van der Waals surface area contributed by atoms with E-state index in [4.69, 9.17) is 14.2 Å². The van der Waals surface area contributed by atoms with Gasteiger partial charge in [-0.05, 0) is 48.9 Å². The minimum absolute atomic E-state index is 0.0350. The van der Waals surface area contributed by atoms with Crippen LogP contribution in [0.4, 0.5) is 10.5 Å². The molecule has 0 aromatic heterocycles. The Morgan fingerprint density at radius 2 is 2.04 bits per heavy atom. The van der Waals surface area contributed by atoms with E-state index < -0.39 is 0 Å². The van der Waals surface area contributed by atoms with Gasteiger partial charge >= 0.3 is 6.03 Å². The first-order valence-electron chi connectivity index (χ1n) is 8.56. The van der Waals surface area contributed by atoms with Gasteiger partial charge in [-0.3, -0.25) is 0 Å². The summed E-state index contributed by atoms with van der Waals surface area (Å²) >= 11 is 1.75. The van der Waals surface area contributed by atoms with Gasteiger partial charge in [0.25, 0.3) is 0 Å². The van der Waals surface area contributed by atoms with E-state index in [2.05, 4.69) is 5.32 Å². The topological polar surface area (TPSA) is 60.0 Å². The summed E-state index contributed by atoms with van der Waals surface area (Å²) in [5, 5.41) is 2.93. The Morgan fingerprint density at radius 3 is 2.85 bits per heavy atom. The summed E-state index contributed by atoms with van der Waals surface area (Å²) in [4.78, 5) is 14.6. The third-order valence-corrected chi connectivity index (χ3v) is 5.51. The van der Waals surface area contributed by atoms with E-state index in [0.717, 1.165) is 34.3 Å². The van der Waals surface area contributed by atoms with E-state index in [1.54, 1.807) is 11.8 Å². The Bertz CT molecular complexity index is 797. The van der Waals surface area contributed by atoms with Crippen molar-refractivity contribution >= 4 is 23.5 Å². The predicted octanol–water partition coefficient (Wildman–Crippen LogP) is 4.09. The molecule has 7 heteroatoms. The molecule has 1 fully saturated rings. The molecule has 136 valence electrons. The lowest BCUT2D eigenvalue weighted by Gasteiger charge is -2.24. The Morgan fingerprint density at radius 1 is 1.23 bits per heavy atom. The molecule has 2 amide bonds. The van der Waals surface area contributed by atoms with Crippen LogP contribution in [-0.4, -0.2) is 36.6 Å². The minimum Gasteiger partial charge on any atom is -0.494 e. The zero-order valence-electron chi connectivity index (χ0n) is 14.4. The molecule has 2 aromatic rings. The Hall–Kier alpha value is -2.54. The lowest BCUT2D eigenvalue weighted by Crippen LogP contribution is -2.34. The summed E-state index contributed by atoms with van der Waals surface area (Å²) < 4.78 is 16.3. The second kappa shape index (κ2) is 7.37. The number of fused-ring (bicyclic) bond motifs is 1. The van der Waals surface area contributed by atoms with Gasteiger partial charge in [-0.2, -0.15) is 0 Å². The van der Waals surface area contributed by atoms with Gasteiger partial charge in [-0.1, -0.05) is 6.07 Å². The third-order valence-electron chi connectivity index (χ3n) is 4.25. The lowest BCUT2D eigenvalue weighted by molar-refractivity contribution is 0.174. The first-order chi connectivity index (χ1) is 12.7. The van der Waals surface area contributed by atoms with Gasteiger partial charge in [0.2, 0.25) is 6.79 Å². The van der Waals surface area contributed by atoms with Crippen LogP contribution in [0.3, 0.4) is 0 Å². The lowest BCUT2D eigenvalue weighted by atomic mass is 10.2. The third kappa shape index (κ3) is 3.39. The normalized spacial score (nSPS) is 18.0. The number of carbonyl (C=O) groups is 1. The van der Waals surface area contributed by atoms with Gasteiger partial charge in [-0.15, -0.1) is 11.8 Å². The van der Waals surface area contributed by atoms with Gasteiger partial charge in [0, 0.05) is 18.0 Å². The van der Waals surface area contributed by atoms with Crippen molar-refractivity contribution in [1.82, 2.24) is 4.90 Å². The van der Waals surface area contributed by atoms with Gasteiger partial charge in [0.05, 0.1) is 6.61 Å². The molecule has 0 aliphatic carbocycles. The second-order valence-electron chi connectivity index (χ2n) is 5.92. The molecule has 1 N–H and O–H groups in total. The monoisotopic (exact) mass is 372 g/mol. The molecule has 2 aromatic carbocycles. The summed E-state index contributed by atoms with van der Waals surface area (Å²) in [7, 11) is 0. The zero-order valence-corrected chi connectivity index (χ0v) is 15.3. The highest BCUT2D eigenvalue weighted by atomic mass is 32.2. The molecule has 0 radical (unpaired) electrons. The fraction of sp³-hybridized carbons (Fsp3) is 0.316. The van der Waals surface area contributed by atoms with E-state index in [-0.39, 0.29) is 18.2 Å². The van der Waals surface area contributed by atoms with Crippen LogP contribution in [0, 0.1) is 0 Å². The maximum absolute atomic E-state index is 12.8. The number of nitrogens with zero attached hydrogens (tertiary/aromatic N) is 1. The molecule has 0 saturated carbocycles. The van der Waals surface area contributed by atoms with Crippen LogP contribution in [0.15, 0.2) is 42.5 Å². The van der Waals surface area contributed by atoms with Crippen LogP contribution >= 0.6 is 11.8 Å². The van der Waals surface area contributed by atoms with E-state index in [0.29, 0.717) is 13.2 Å². The largest absolute Gasteiger partial charge is 0.494 e. The van der Waals surface area contributed by atoms with Gasteiger partial charge in [0.1, 0.15) is 11.1 Å². The molecule has 1 atom stereocenters. The smallest absolute Gasteiger partial charge is 0.323 e. The van der Waals surface area contributed by atoms with Crippen molar-refractivity contribution in [2.24, 2.45) is 0 Å². The number of benzene rings is 2. The second-order valence-corrected chi connectivity index (χ2v) is 7.10. The molecule has 26 heavy (non-hydrogen) atoms. The molecule has 0 spiro atoms. The number of amides is 2. The molecular weight excluding hydrogens is 352 g/mol. The van der Waals surface area contributed by atoms with Crippen molar-refractivity contribution in [3.05, 3.63) is 48.0 Å². The first-order valence-corrected chi connectivity index (χ1v) is 9.61. The maximum atomic E-state index is 12.8. The number of thioether (sulfide) groups is 1. The van der Waals surface area contributed by atoms with Crippen molar-refractivity contribution in [1.29, 1.82) is 0 Å². The summed E-state index contributed by atoms with van der Waals surface area (Å²) in [5.41, 5.74) is 1.79. The number of nitrogens with one attached hydrogen (secondary N) is 1. The highest BCUT2D eigenvalue weighted by molar-refractivity contribution is 7.99. The quantitative estimate of drug-likeness (QED) is 0.876. The van der Waals surface area contributed by atoms with Crippen molar-refractivity contribution in [2.75, 3.05) is 31.0 Å². The zero-order chi connectivity index (χ0) is 17.9. The fourth-order valence-electron chi connectivity index (χ4n) is 3.02. The average molecular weight is 372 g/mol. The number of carbonyl (C=O) groups excluding carboxylic acids is 1. The van der Waals surface area contributed by atoms with E-state index in [1.165, 1.54) is 0 Å². The van der Waals surface area contributed by atoms with E-state index in [9.17, 15) is 4.79 Å². The molecule has 0 bridgehead atoms. The number of rotatable bonds is 4. The van der Waals surface area contributed by atoms with Crippen molar-refractivity contribution in [3.63, 3.8) is 0 Å². The predicted molar refractivity (Wildman–Crippen MR) is 101 cm³/mol. The van der Waals surface area contributed by atoms with Crippen molar-refractivity contribution in [2.45, 2.75) is 12.3 Å². The van der Waals surface area contributed by atoms with Crippen LogP contribution in [-0.2, 0) is 0 Å². The molecular formula is C19H20N2O4S. The van der Waals surface area contributed by atoms with Crippen molar-refractivity contribution in [3.8, 4) is 17.2 Å². The fourth-order valence-corrected chi connectivity index (χ4v) is 4.26. The Labute approximate surface area is 156 Å². The standard InChI is InChI=1S/C19H20N2O4S/c1-2-23-15-6-4-14(5-7-15)20-19(22)21-9-10-26-18(21)13-3-8-16-17(11-13)25-12-24-16/h3-8,11,18H,2,9-10,12H2,1H3,(H,20,22)/t18-/m0/s1. The van der Waals surface area contributed by atoms with Crippen LogP contribution in [0.5, 0.6) is 17.2 Å². The molecule has 2 aliphatic heterocycles. The molecule has 6 nitrogen and oxygen atoms in total. The van der Waals surface area contributed by atoms with E-state index >= 15 is 0 Å². The molecule has 0 unspecified atom stereocenters. The van der Waals surface area contributed by atoms with Crippen LogP contribution < -0.4 is 19.5 Å². The summed E-state index contributed by atoms with van der Waals surface area (Å²) in [6, 6.07) is 13.2. The molecule has 2 heterocycles. The minimum atomic E-state index is -0.109. The van der Waals surface area contributed by atoms with Crippen LogP contribution in [0.2, 0.25) is 0 Å². The van der Waals surface area contributed by atoms with Gasteiger partial charge in [-0.25, -0.2) is 4.79 Å². The highest BCUT2D eigenvalue weighted by Crippen LogP contribution is 2.42. The average Bonchev–Trinajstić information content (AvgIpc) is 3.32. The van der Waals surface area contributed by atoms with Crippen molar-refractivity contribution < 1.29 is 19.0 Å². The summed E-state index contributed by atoms with van der Waals surface area (Å²) in [6.07, 6.45) is 0. The van der Waals surface area contributed by atoms with Gasteiger partial charge in [0.15, 0.2) is 11.5 Å². The Balaban J connectivity index is 1.46. The van der Waals surface area contributed by atoms with Gasteiger partial charge < -0.3 is 24.4 Å². The summed E-state index contributed by atoms with van der Waals surface area (Å²) in [5.74, 6) is 3.18.